The molecular weight excluding hydrogens is 216 g/mol. The highest BCUT2D eigenvalue weighted by atomic mass is 32.2. The van der Waals surface area contributed by atoms with Crippen molar-refractivity contribution in [2.24, 2.45) is 5.18 Å². The molecule has 0 amide bonds. The number of carbonyl (C=O) groups excluding carboxylic acids is 1. The summed E-state index contributed by atoms with van der Waals surface area (Å²) in [6.45, 7) is 2.12. The number of allylic oxidation sites excluding steroid dienone is 2. The van der Waals surface area contributed by atoms with Crippen LogP contribution in [-0.2, 0) is 9.53 Å². The smallest absolute Gasteiger partial charge is 0.306 e. The molecule has 0 aromatic heterocycles. The van der Waals surface area contributed by atoms with Crippen molar-refractivity contribution in [2.45, 2.75) is 19.8 Å². The molecule has 0 fully saturated rings. The number of nitroso groups, excluding NO2 is 1. The molecule has 0 spiro atoms. The zero-order valence-electron chi connectivity index (χ0n) is 8.62. The average molecular weight is 230 g/mol. The Hall–Kier alpha value is -1.04. The monoisotopic (exact) mass is 230 g/mol. The van der Waals surface area contributed by atoms with E-state index in [9.17, 15) is 9.70 Å². The lowest BCUT2D eigenvalue weighted by Crippen LogP contribution is -2.07. The summed E-state index contributed by atoms with van der Waals surface area (Å²) in [5.41, 5.74) is 1.14. The van der Waals surface area contributed by atoms with Gasteiger partial charge in [0.1, 0.15) is 13.2 Å². The number of nitrogens with one attached hydrogen (secondary N) is 1. The van der Waals surface area contributed by atoms with Crippen molar-refractivity contribution in [3.05, 3.63) is 15.5 Å². The summed E-state index contributed by atoms with van der Waals surface area (Å²) in [7, 11) is 0. The highest BCUT2D eigenvalue weighted by molar-refractivity contribution is 8.03. The number of hydrogen-bond acceptors (Lipinski definition) is 6. The molecule has 1 aliphatic rings. The van der Waals surface area contributed by atoms with Crippen molar-refractivity contribution in [3.63, 3.8) is 0 Å². The van der Waals surface area contributed by atoms with Gasteiger partial charge in [0.05, 0.1) is 12.3 Å². The van der Waals surface area contributed by atoms with Gasteiger partial charge in [-0.15, -0.1) is 11.8 Å². The maximum absolute atomic E-state index is 11.2. The summed E-state index contributed by atoms with van der Waals surface area (Å²) in [6, 6.07) is 0. The molecule has 0 aliphatic carbocycles. The first-order chi connectivity index (χ1) is 7.24. The van der Waals surface area contributed by atoms with Gasteiger partial charge in [-0.1, -0.05) is 5.18 Å². The molecule has 0 aromatic carbocycles. The van der Waals surface area contributed by atoms with Crippen LogP contribution in [0, 0.1) is 4.91 Å². The van der Waals surface area contributed by atoms with E-state index in [0.29, 0.717) is 12.8 Å². The molecule has 1 N–H and O–H groups in total. The quantitative estimate of drug-likeness (QED) is 0.426. The second-order valence-corrected chi connectivity index (χ2v) is 4.16. The van der Waals surface area contributed by atoms with Gasteiger partial charge in [0, 0.05) is 10.6 Å². The SMILES string of the molecule is CC1=C(CCC(=O)OCCN=O)SCN1. The lowest BCUT2D eigenvalue weighted by Gasteiger charge is -2.03. The van der Waals surface area contributed by atoms with E-state index in [2.05, 4.69) is 10.5 Å². The minimum Gasteiger partial charge on any atom is -0.464 e. The summed E-state index contributed by atoms with van der Waals surface area (Å²) in [4.78, 5) is 22.1. The van der Waals surface area contributed by atoms with Crippen molar-refractivity contribution in [2.75, 3.05) is 19.0 Å². The Morgan fingerprint density at radius 2 is 2.47 bits per heavy atom. The Morgan fingerprint density at radius 1 is 1.67 bits per heavy atom. The van der Waals surface area contributed by atoms with E-state index in [4.69, 9.17) is 4.74 Å². The molecule has 1 heterocycles. The molecule has 5 nitrogen and oxygen atoms in total. The van der Waals surface area contributed by atoms with E-state index in [1.165, 1.54) is 4.91 Å². The van der Waals surface area contributed by atoms with E-state index in [-0.39, 0.29) is 19.1 Å². The largest absolute Gasteiger partial charge is 0.464 e. The molecule has 0 atom stereocenters. The van der Waals surface area contributed by atoms with Crippen LogP contribution in [0.2, 0.25) is 0 Å². The van der Waals surface area contributed by atoms with Crippen LogP contribution in [-0.4, -0.2) is 25.0 Å². The van der Waals surface area contributed by atoms with Crippen LogP contribution in [0.4, 0.5) is 0 Å². The molecule has 84 valence electrons. The molecule has 0 unspecified atom stereocenters. The minimum atomic E-state index is -0.272. The van der Waals surface area contributed by atoms with Gasteiger partial charge in [0.15, 0.2) is 0 Å². The standard InChI is InChI=1S/C9H14N2O3S/c1-7-8(15-6-10-7)2-3-9(12)14-5-4-11-13/h10H,2-6H2,1H3. The zero-order valence-corrected chi connectivity index (χ0v) is 9.43. The molecule has 0 saturated heterocycles. The first kappa shape index (κ1) is 12.0. The van der Waals surface area contributed by atoms with Gasteiger partial charge >= 0.3 is 5.97 Å². The second-order valence-electron chi connectivity index (χ2n) is 3.09. The zero-order chi connectivity index (χ0) is 11.1. The van der Waals surface area contributed by atoms with E-state index in [1.54, 1.807) is 11.8 Å². The molecule has 0 saturated carbocycles. The van der Waals surface area contributed by atoms with Crippen molar-refractivity contribution >= 4 is 17.7 Å². The van der Waals surface area contributed by atoms with Gasteiger partial charge in [-0.3, -0.25) is 4.79 Å². The Labute approximate surface area is 92.6 Å². The van der Waals surface area contributed by atoms with Gasteiger partial charge in [-0.05, 0) is 13.3 Å². The van der Waals surface area contributed by atoms with Crippen molar-refractivity contribution in [1.29, 1.82) is 0 Å². The van der Waals surface area contributed by atoms with E-state index >= 15 is 0 Å². The van der Waals surface area contributed by atoms with Crippen LogP contribution in [0.5, 0.6) is 0 Å². The maximum atomic E-state index is 11.2. The van der Waals surface area contributed by atoms with Gasteiger partial charge < -0.3 is 10.1 Å². The fraction of sp³-hybridized carbons (Fsp3) is 0.667. The summed E-state index contributed by atoms with van der Waals surface area (Å²) >= 11 is 1.71. The Bertz CT molecular complexity index is 279. The van der Waals surface area contributed by atoms with Gasteiger partial charge in [-0.25, -0.2) is 0 Å². The summed E-state index contributed by atoms with van der Waals surface area (Å²) in [6.07, 6.45) is 1.07. The van der Waals surface area contributed by atoms with Crippen LogP contribution in [0.25, 0.3) is 0 Å². The normalized spacial score (nSPS) is 15.0. The van der Waals surface area contributed by atoms with Crippen LogP contribution in [0.15, 0.2) is 15.8 Å². The van der Waals surface area contributed by atoms with Crippen molar-refractivity contribution < 1.29 is 9.53 Å². The molecule has 0 bridgehead atoms. The predicted molar refractivity (Wildman–Crippen MR) is 59.1 cm³/mol. The number of rotatable bonds is 6. The lowest BCUT2D eigenvalue weighted by molar-refractivity contribution is -0.143. The maximum Gasteiger partial charge on any atom is 0.306 e. The first-order valence-corrected chi connectivity index (χ1v) is 5.73. The number of carbonyl (C=O) groups is 1. The minimum absolute atomic E-state index is 0.0315. The highest BCUT2D eigenvalue weighted by Gasteiger charge is 2.12. The van der Waals surface area contributed by atoms with Gasteiger partial charge in [-0.2, -0.15) is 4.91 Å². The number of esters is 1. The van der Waals surface area contributed by atoms with Crippen LogP contribution < -0.4 is 5.32 Å². The van der Waals surface area contributed by atoms with E-state index in [1.807, 2.05) is 6.92 Å². The highest BCUT2D eigenvalue weighted by Crippen LogP contribution is 2.28. The van der Waals surface area contributed by atoms with Crippen molar-refractivity contribution in [3.8, 4) is 0 Å². The fourth-order valence-electron chi connectivity index (χ4n) is 1.18. The molecule has 6 heteroatoms. The van der Waals surface area contributed by atoms with Gasteiger partial charge in [0.25, 0.3) is 0 Å². The van der Waals surface area contributed by atoms with E-state index < -0.39 is 0 Å². The van der Waals surface area contributed by atoms with Crippen LogP contribution >= 0.6 is 11.8 Å². The molecule has 1 rings (SSSR count). The molecule has 1 aliphatic heterocycles. The molecule has 0 aromatic rings. The lowest BCUT2D eigenvalue weighted by atomic mass is 10.2. The number of thioether (sulfide) groups is 1. The average Bonchev–Trinajstić information content (AvgIpc) is 2.61. The molecular formula is C9H14N2O3S. The summed E-state index contributed by atoms with van der Waals surface area (Å²) in [5.74, 6) is 0.608. The predicted octanol–water partition coefficient (Wildman–Crippen LogP) is 1.60. The Kier molecular flexibility index (Phi) is 5.17. The second kappa shape index (κ2) is 6.44. The van der Waals surface area contributed by atoms with Crippen LogP contribution in [0.3, 0.4) is 0 Å². The Morgan fingerprint density at radius 3 is 3.07 bits per heavy atom. The Balaban J connectivity index is 2.16. The summed E-state index contributed by atoms with van der Waals surface area (Å²) in [5, 5.41) is 5.79. The van der Waals surface area contributed by atoms with Crippen LogP contribution in [0.1, 0.15) is 19.8 Å². The third-order valence-corrected chi connectivity index (χ3v) is 3.15. The van der Waals surface area contributed by atoms with Crippen molar-refractivity contribution in [1.82, 2.24) is 5.32 Å². The van der Waals surface area contributed by atoms with Gasteiger partial charge in [0.2, 0.25) is 0 Å². The molecule has 15 heavy (non-hydrogen) atoms. The fourth-order valence-corrected chi connectivity index (χ4v) is 2.18. The summed E-state index contributed by atoms with van der Waals surface area (Å²) < 4.78 is 4.79. The van der Waals surface area contributed by atoms with E-state index in [0.717, 1.165) is 11.6 Å². The number of nitrogens with zero attached hydrogens (tertiary/aromatic N) is 1. The third kappa shape index (κ3) is 4.33. The third-order valence-electron chi connectivity index (χ3n) is 2.00. The number of hydrogen-bond donors (Lipinski definition) is 1. The first-order valence-electron chi connectivity index (χ1n) is 4.75. The molecule has 0 radical (unpaired) electrons. The topological polar surface area (TPSA) is 67.8 Å². The number of ether oxygens (including phenoxy) is 1.